The van der Waals surface area contributed by atoms with Crippen molar-refractivity contribution in [2.45, 2.75) is 175 Å². The van der Waals surface area contributed by atoms with Crippen molar-refractivity contribution < 1.29 is 4.57 Å². The molecule has 0 atom stereocenters. The summed E-state index contributed by atoms with van der Waals surface area (Å²) in [4.78, 5) is 0. The van der Waals surface area contributed by atoms with Crippen LogP contribution in [0.4, 0.5) is 0 Å². The molecule has 2 nitrogen and oxygen atoms in total. The van der Waals surface area contributed by atoms with Gasteiger partial charge in [-0.2, -0.15) is 0 Å². The third-order valence-corrected chi connectivity index (χ3v) is 7.10. The smallest absolute Gasteiger partial charge is 0.234 e. The second-order valence-electron chi connectivity index (χ2n) is 10.2. The van der Waals surface area contributed by atoms with Crippen molar-refractivity contribution in [3.05, 3.63) is 18.2 Å². The normalized spacial score (nSPS) is 11.5. The van der Waals surface area contributed by atoms with Gasteiger partial charge in [-0.25, -0.2) is 9.13 Å². The van der Waals surface area contributed by atoms with Gasteiger partial charge in [0, 0.05) is 6.42 Å². The molecule has 2 heteroatoms. The van der Waals surface area contributed by atoms with Crippen LogP contribution in [0.25, 0.3) is 0 Å². The van der Waals surface area contributed by atoms with Crippen molar-refractivity contribution in [1.82, 2.24) is 4.57 Å². The van der Waals surface area contributed by atoms with E-state index in [0.29, 0.717) is 0 Å². The first-order valence-electron chi connectivity index (χ1n) is 14.9. The maximum absolute atomic E-state index is 2.58. The highest BCUT2D eigenvalue weighted by molar-refractivity contribution is 4.84. The van der Waals surface area contributed by atoms with Gasteiger partial charge in [0.15, 0.2) is 0 Å². The Bertz CT molecular complexity index is 505. The Kier molecular flexibility index (Phi) is 20.1. The maximum Gasteiger partial charge on any atom is 0.256 e. The standard InChI is InChI=1S/C30H59N2/c1-4-7-10-12-14-16-18-20-22-24-27-32-29-28-31(30(32)25-9-6-3)26-23-21-19-17-15-13-11-8-5-2/h28-29H,4-27H2,1-3H3/q+1. The van der Waals surface area contributed by atoms with Crippen LogP contribution in [0, 0.1) is 0 Å². The summed E-state index contributed by atoms with van der Waals surface area (Å²) in [6.07, 6.45) is 35.6. The van der Waals surface area contributed by atoms with Crippen LogP contribution in [0.2, 0.25) is 0 Å². The first-order valence-corrected chi connectivity index (χ1v) is 14.9. The van der Waals surface area contributed by atoms with E-state index >= 15 is 0 Å². The average Bonchev–Trinajstić information content (AvgIpc) is 3.19. The molecule has 0 aromatic carbocycles. The average molecular weight is 448 g/mol. The number of imidazole rings is 1. The van der Waals surface area contributed by atoms with Crippen LogP contribution in [-0.4, -0.2) is 4.57 Å². The number of aryl methyl sites for hydroxylation is 2. The summed E-state index contributed by atoms with van der Waals surface area (Å²) >= 11 is 0. The molecule has 0 saturated carbocycles. The van der Waals surface area contributed by atoms with Gasteiger partial charge in [0.1, 0.15) is 12.4 Å². The molecule has 0 fully saturated rings. The van der Waals surface area contributed by atoms with Crippen LogP contribution in [0.3, 0.4) is 0 Å². The molecule has 188 valence electrons. The first kappa shape index (κ1) is 29.2. The van der Waals surface area contributed by atoms with Crippen LogP contribution >= 0.6 is 0 Å². The lowest BCUT2D eigenvalue weighted by Crippen LogP contribution is -2.37. The highest BCUT2D eigenvalue weighted by Gasteiger charge is 2.16. The number of rotatable bonds is 24. The van der Waals surface area contributed by atoms with Crippen molar-refractivity contribution in [2.75, 3.05) is 0 Å². The quantitative estimate of drug-likeness (QED) is 0.110. The topological polar surface area (TPSA) is 8.81 Å². The minimum Gasteiger partial charge on any atom is -0.234 e. The number of hydrogen-bond acceptors (Lipinski definition) is 0. The Hall–Kier alpha value is -0.790. The molecule has 1 aromatic rings. The molecule has 0 N–H and O–H groups in total. The van der Waals surface area contributed by atoms with Gasteiger partial charge in [-0.15, -0.1) is 0 Å². The summed E-state index contributed by atoms with van der Waals surface area (Å²) in [5.41, 5.74) is 0. The molecule has 1 rings (SSSR count). The summed E-state index contributed by atoms with van der Waals surface area (Å²) in [5.74, 6) is 1.59. The maximum atomic E-state index is 2.58. The van der Waals surface area contributed by atoms with Gasteiger partial charge in [0.05, 0.1) is 13.1 Å². The van der Waals surface area contributed by atoms with Crippen LogP contribution in [-0.2, 0) is 19.5 Å². The molecule has 0 unspecified atom stereocenters. The lowest BCUT2D eigenvalue weighted by atomic mass is 10.1. The number of unbranched alkanes of at least 4 members (excludes halogenated alkanes) is 18. The predicted octanol–water partition coefficient (Wildman–Crippen LogP) is 9.57. The minimum atomic E-state index is 1.22. The predicted molar refractivity (Wildman–Crippen MR) is 142 cm³/mol. The second kappa shape index (κ2) is 22.0. The first-order chi connectivity index (χ1) is 15.8. The van der Waals surface area contributed by atoms with E-state index in [0.717, 1.165) is 0 Å². The molecule has 0 spiro atoms. The van der Waals surface area contributed by atoms with E-state index in [1.807, 2.05) is 0 Å². The molecule has 0 aliphatic heterocycles. The molecular formula is C30H59N2+. The SMILES string of the molecule is CCCCCCCCCCCC[n+]1ccn(CCCCCCCCCCC)c1CCCC. The Labute approximate surface area is 202 Å². The van der Waals surface area contributed by atoms with Gasteiger partial charge in [0.2, 0.25) is 0 Å². The zero-order chi connectivity index (χ0) is 23.1. The second-order valence-corrected chi connectivity index (χ2v) is 10.2. The summed E-state index contributed by atoms with van der Waals surface area (Å²) in [6.45, 7) is 9.37. The van der Waals surface area contributed by atoms with Crippen LogP contribution in [0.1, 0.15) is 161 Å². The largest absolute Gasteiger partial charge is 0.256 e. The zero-order valence-corrected chi connectivity index (χ0v) is 22.5. The minimum absolute atomic E-state index is 1.22. The Balaban J connectivity index is 2.20. The lowest BCUT2D eigenvalue weighted by molar-refractivity contribution is -0.704. The van der Waals surface area contributed by atoms with E-state index in [9.17, 15) is 0 Å². The molecule has 0 amide bonds. The summed E-state index contributed by atoms with van der Waals surface area (Å²) in [6, 6.07) is 0. The number of nitrogens with zero attached hydrogens (tertiary/aromatic N) is 2. The fourth-order valence-corrected chi connectivity index (χ4v) is 4.89. The fourth-order valence-electron chi connectivity index (χ4n) is 4.89. The van der Waals surface area contributed by atoms with Crippen molar-refractivity contribution in [1.29, 1.82) is 0 Å². The van der Waals surface area contributed by atoms with Gasteiger partial charge >= 0.3 is 0 Å². The van der Waals surface area contributed by atoms with Gasteiger partial charge in [0.25, 0.3) is 5.82 Å². The van der Waals surface area contributed by atoms with Gasteiger partial charge < -0.3 is 0 Å². The Morgan fingerprint density at radius 1 is 0.531 bits per heavy atom. The van der Waals surface area contributed by atoms with E-state index in [1.54, 1.807) is 5.82 Å². The Morgan fingerprint density at radius 3 is 1.47 bits per heavy atom. The molecule has 0 bridgehead atoms. The summed E-state index contributed by atoms with van der Waals surface area (Å²) in [5, 5.41) is 0. The van der Waals surface area contributed by atoms with Gasteiger partial charge in [-0.1, -0.05) is 124 Å². The molecular weight excluding hydrogens is 388 g/mol. The number of hydrogen-bond donors (Lipinski definition) is 0. The molecule has 0 saturated heterocycles. The third-order valence-electron chi connectivity index (χ3n) is 7.10. The summed E-state index contributed by atoms with van der Waals surface area (Å²) < 4.78 is 5.15. The van der Waals surface area contributed by atoms with Crippen molar-refractivity contribution in [3.63, 3.8) is 0 Å². The van der Waals surface area contributed by atoms with Crippen molar-refractivity contribution in [3.8, 4) is 0 Å². The van der Waals surface area contributed by atoms with E-state index < -0.39 is 0 Å². The molecule has 1 aromatic heterocycles. The van der Waals surface area contributed by atoms with Gasteiger partial charge in [-0.3, -0.25) is 0 Å². The van der Waals surface area contributed by atoms with E-state index in [-0.39, 0.29) is 0 Å². The number of aromatic nitrogens is 2. The van der Waals surface area contributed by atoms with Crippen LogP contribution in [0.15, 0.2) is 12.4 Å². The van der Waals surface area contributed by atoms with Crippen molar-refractivity contribution >= 4 is 0 Å². The molecule has 0 aliphatic carbocycles. The molecule has 32 heavy (non-hydrogen) atoms. The molecule has 0 radical (unpaired) electrons. The zero-order valence-electron chi connectivity index (χ0n) is 22.5. The van der Waals surface area contributed by atoms with Crippen LogP contribution < -0.4 is 4.57 Å². The fraction of sp³-hybridized carbons (Fsp3) is 0.900. The van der Waals surface area contributed by atoms with Crippen molar-refractivity contribution in [2.24, 2.45) is 0 Å². The van der Waals surface area contributed by atoms with Crippen LogP contribution in [0.5, 0.6) is 0 Å². The van der Waals surface area contributed by atoms with E-state index in [4.69, 9.17) is 0 Å². The highest BCUT2D eigenvalue weighted by atomic mass is 15.1. The molecule has 1 heterocycles. The van der Waals surface area contributed by atoms with Gasteiger partial charge in [-0.05, 0) is 32.1 Å². The highest BCUT2D eigenvalue weighted by Crippen LogP contribution is 2.13. The monoisotopic (exact) mass is 447 g/mol. The van der Waals surface area contributed by atoms with E-state index in [1.165, 1.54) is 154 Å². The Morgan fingerprint density at radius 2 is 0.969 bits per heavy atom. The molecule has 0 aliphatic rings. The third kappa shape index (κ3) is 15.1. The lowest BCUT2D eigenvalue weighted by Gasteiger charge is -2.06. The summed E-state index contributed by atoms with van der Waals surface area (Å²) in [7, 11) is 0. The van der Waals surface area contributed by atoms with E-state index in [2.05, 4.69) is 42.3 Å².